The van der Waals surface area contributed by atoms with E-state index in [1.54, 1.807) is 36.5 Å². The second-order valence-corrected chi connectivity index (χ2v) is 5.26. The molecule has 2 N–H and O–H groups in total. The Labute approximate surface area is 77.1 Å². The topological polar surface area (TPSA) is 40.5 Å². The predicted molar refractivity (Wildman–Crippen MR) is 51.7 cm³/mol. The molecule has 2 aliphatic rings. The van der Waals surface area contributed by atoms with E-state index in [-0.39, 0.29) is 0 Å². The van der Waals surface area contributed by atoms with Gasteiger partial charge in [-0.15, -0.1) is 11.5 Å². The summed E-state index contributed by atoms with van der Waals surface area (Å²) in [6.07, 6.45) is 10.2. The average Bonchev–Trinajstić information content (AvgIpc) is 2.78. The summed E-state index contributed by atoms with van der Waals surface area (Å²) < 4.78 is 0. The monoisotopic (exact) mass is 188 g/mol. The van der Waals surface area contributed by atoms with E-state index < -0.39 is 8.56 Å². The maximum atomic E-state index is 9.87. The van der Waals surface area contributed by atoms with Gasteiger partial charge in [-0.05, 0) is 24.3 Å². The smallest absolute Gasteiger partial charge is 0.403 e. The lowest BCUT2D eigenvalue weighted by atomic mass is 10.6. The van der Waals surface area contributed by atoms with Gasteiger partial charge in [-0.25, -0.2) is 0 Å². The molecule has 0 bridgehead atoms. The van der Waals surface area contributed by atoms with Crippen LogP contribution in [0, 0.1) is 0 Å². The molecular weight excluding hydrogens is 180 g/mol. The Morgan fingerprint density at radius 1 is 0.923 bits per heavy atom. The Hall–Kier alpha value is -1.34. The van der Waals surface area contributed by atoms with Crippen molar-refractivity contribution in [2.75, 3.05) is 0 Å². The fourth-order valence-corrected chi connectivity index (χ4v) is 2.76. The van der Waals surface area contributed by atoms with E-state index >= 15 is 0 Å². The van der Waals surface area contributed by atoms with Crippen LogP contribution in [-0.4, -0.2) is 18.2 Å². The van der Waals surface area contributed by atoms with E-state index in [4.69, 9.17) is 0 Å². The van der Waals surface area contributed by atoms with E-state index in [0.29, 0.717) is 10.4 Å². The highest BCUT2D eigenvalue weighted by molar-refractivity contribution is 6.80. The summed E-state index contributed by atoms with van der Waals surface area (Å²) in [6.45, 7) is 0. The summed E-state index contributed by atoms with van der Waals surface area (Å²) in [4.78, 5) is 19.7. The fraction of sp³-hybridized carbons (Fsp3) is 0. The lowest BCUT2D eigenvalue weighted by Gasteiger charge is -2.15. The summed E-state index contributed by atoms with van der Waals surface area (Å²) in [5.74, 6) is 0. The number of rotatable bonds is 2. The molecule has 0 saturated carbocycles. The van der Waals surface area contributed by atoms with Crippen molar-refractivity contribution >= 4 is 8.56 Å². The van der Waals surface area contributed by atoms with Crippen molar-refractivity contribution in [2.45, 2.75) is 0 Å². The van der Waals surface area contributed by atoms with Crippen molar-refractivity contribution in [3.05, 3.63) is 58.3 Å². The van der Waals surface area contributed by atoms with Gasteiger partial charge in [-0.3, -0.25) is 0 Å². The van der Waals surface area contributed by atoms with Crippen LogP contribution < -0.4 is 0 Å². The molecule has 2 nitrogen and oxygen atoms in total. The molecular formula is C10H8O2Si. The summed E-state index contributed by atoms with van der Waals surface area (Å²) in [7, 11) is -3.46. The van der Waals surface area contributed by atoms with Gasteiger partial charge in [0.25, 0.3) is 0 Å². The van der Waals surface area contributed by atoms with Crippen LogP contribution in [0.4, 0.5) is 0 Å². The van der Waals surface area contributed by atoms with Crippen molar-refractivity contribution < 1.29 is 9.59 Å². The first kappa shape index (κ1) is 8.26. The fourth-order valence-electron chi connectivity index (χ4n) is 1.24. The largest absolute Gasteiger partial charge is 0.417 e. The first-order chi connectivity index (χ1) is 6.21. The molecule has 0 heterocycles. The van der Waals surface area contributed by atoms with Crippen LogP contribution in [0.1, 0.15) is 0 Å². The highest BCUT2D eigenvalue weighted by atomic mass is 28.4. The normalized spacial score (nSPS) is 18.3. The number of allylic oxidation sites excluding steroid dienone is 6. The molecule has 0 atom stereocenters. The van der Waals surface area contributed by atoms with Crippen LogP contribution in [0.15, 0.2) is 58.3 Å². The van der Waals surface area contributed by atoms with Crippen LogP contribution in [0.2, 0.25) is 0 Å². The van der Waals surface area contributed by atoms with Crippen molar-refractivity contribution in [3.63, 3.8) is 0 Å². The third-order valence-corrected chi connectivity index (χ3v) is 4.07. The Bertz CT molecular complexity index is 386. The lowest BCUT2D eigenvalue weighted by molar-refractivity contribution is 0.391. The maximum absolute atomic E-state index is 9.87. The zero-order valence-electron chi connectivity index (χ0n) is 6.86. The van der Waals surface area contributed by atoms with Gasteiger partial charge in [0.1, 0.15) is 0 Å². The molecule has 0 radical (unpaired) electrons. The Morgan fingerprint density at radius 2 is 1.38 bits per heavy atom. The summed E-state index contributed by atoms with van der Waals surface area (Å²) in [6, 6.07) is 0. The summed E-state index contributed by atoms with van der Waals surface area (Å²) in [5, 5.41) is 0.963. The van der Waals surface area contributed by atoms with Crippen molar-refractivity contribution in [1.82, 2.24) is 0 Å². The Balaban J connectivity index is 2.41. The second kappa shape index (κ2) is 2.86. The molecule has 0 amide bonds. The Kier molecular flexibility index (Phi) is 1.81. The predicted octanol–water partition coefficient (Wildman–Crippen LogP) is 0.794. The van der Waals surface area contributed by atoms with Gasteiger partial charge < -0.3 is 9.59 Å². The Morgan fingerprint density at radius 3 is 1.69 bits per heavy atom. The maximum Gasteiger partial charge on any atom is 0.417 e. The highest BCUT2D eigenvalue weighted by Crippen LogP contribution is 2.22. The van der Waals surface area contributed by atoms with Gasteiger partial charge in [0.2, 0.25) is 0 Å². The van der Waals surface area contributed by atoms with Gasteiger partial charge >= 0.3 is 8.56 Å². The average molecular weight is 188 g/mol. The minimum atomic E-state index is -3.46. The highest BCUT2D eigenvalue weighted by Gasteiger charge is 2.38. The number of hydrogen-bond acceptors (Lipinski definition) is 2. The van der Waals surface area contributed by atoms with Gasteiger partial charge in [-0.1, -0.05) is 12.2 Å². The van der Waals surface area contributed by atoms with E-state index in [1.807, 2.05) is 0 Å². The zero-order chi connectivity index (χ0) is 9.31. The molecule has 0 aromatic rings. The van der Waals surface area contributed by atoms with Gasteiger partial charge in [0.05, 0.1) is 0 Å². The molecule has 0 fully saturated rings. The van der Waals surface area contributed by atoms with Crippen molar-refractivity contribution in [1.29, 1.82) is 0 Å². The molecule has 3 heteroatoms. The minimum absolute atomic E-state index is 0.481. The first-order valence-corrected chi connectivity index (χ1v) is 5.83. The van der Waals surface area contributed by atoms with E-state index in [0.717, 1.165) is 0 Å². The molecule has 64 valence electrons. The van der Waals surface area contributed by atoms with E-state index in [9.17, 15) is 9.59 Å². The molecule has 2 aliphatic carbocycles. The van der Waals surface area contributed by atoms with Gasteiger partial charge in [0.15, 0.2) is 0 Å². The molecule has 0 aromatic carbocycles. The standard InChI is InChI=1S/C10H8O2Si/c11-13(12,9-5-1-2-6-9)10-7-3-4-8-10/h1-5,7,11-12H. The number of hydrogen-bond donors (Lipinski definition) is 2. The molecule has 2 rings (SSSR count). The van der Waals surface area contributed by atoms with Crippen LogP contribution in [0.5, 0.6) is 0 Å². The molecule has 0 saturated heterocycles. The quantitative estimate of drug-likeness (QED) is 0.497. The van der Waals surface area contributed by atoms with E-state index in [2.05, 4.69) is 11.5 Å². The zero-order valence-corrected chi connectivity index (χ0v) is 7.86. The molecule has 0 aromatic heterocycles. The molecule has 0 spiro atoms. The van der Waals surface area contributed by atoms with Crippen molar-refractivity contribution in [2.24, 2.45) is 0 Å². The molecule has 13 heavy (non-hydrogen) atoms. The third-order valence-electron chi connectivity index (χ3n) is 1.95. The van der Waals surface area contributed by atoms with Crippen molar-refractivity contribution in [3.8, 4) is 0 Å². The van der Waals surface area contributed by atoms with Gasteiger partial charge in [0, 0.05) is 10.4 Å². The second-order valence-electron chi connectivity index (χ2n) is 2.84. The molecule has 0 unspecified atom stereocenters. The minimum Gasteiger partial charge on any atom is -0.403 e. The van der Waals surface area contributed by atoms with Crippen LogP contribution in [0.3, 0.4) is 0 Å². The van der Waals surface area contributed by atoms with Gasteiger partial charge in [-0.2, -0.15) is 0 Å². The van der Waals surface area contributed by atoms with E-state index in [1.165, 1.54) is 0 Å². The summed E-state index contributed by atoms with van der Waals surface area (Å²) in [5.41, 5.74) is 5.61. The van der Waals surface area contributed by atoms with Crippen LogP contribution in [0.25, 0.3) is 0 Å². The summed E-state index contributed by atoms with van der Waals surface area (Å²) >= 11 is 0. The van der Waals surface area contributed by atoms with Crippen LogP contribution >= 0.6 is 0 Å². The SMILES string of the molecule is O[Si](O)(C1=C=CC=C1)C1=C=CC=C1. The van der Waals surface area contributed by atoms with Crippen LogP contribution in [-0.2, 0) is 0 Å². The first-order valence-electron chi connectivity index (χ1n) is 3.94. The molecule has 0 aliphatic heterocycles. The third kappa shape index (κ3) is 1.31. The lowest BCUT2D eigenvalue weighted by Crippen LogP contribution is -2.38.